The summed E-state index contributed by atoms with van der Waals surface area (Å²) in [5, 5.41) is 0. The molecule has 1 atom stereocenters. The second-order valence-electron chi connectivity index (χ2n) is 2.65. The van der Waals surface area contributed by atoms with Gasteiger partial charge in [-0.25, -0.2) is 4.79 Å². The lowest BCUT2D eigenvalue weighted by molar-refractivity contribution is -0.192. The van der Waals surface area contributed by atoms with Crippen molar-refractivity contribution in [1.29, 1.82) is 0 Å². The molecule has 1 saturated heterocycles. The first kappa shape index (κ1) is 10.1. The number of nitrogens with zero attached hydrogens (tertiary/aromatic N) is 1. The fourth-order valence-electron chi connectivity index (χ4n) is 1.02. The first-order valence-electron chi connectivity index (χ1n) is 3.67. The normalized spacial score (nSPS) is 23.5. The van der Waals surface area contributed by atoms with Crippen LogP contribution >= 0.6 is 0 Å². The van der Waals surface area contributed by atoms with Gasteiger partial charge in [0.05, 0.1) is 6.54 Å². The number of hydrogen-bond acceptors (Lipinski definition) is 3. The van der Waals surface area contributed by atoms with Gasteiger partial charge < -0.3 is 15.4 Å². The van der Waals surface area contributed by atoms with Crippen molar-refractivity contribution in [3.63, 3.8) is 0 Å². The van der Waals surface area contributed by atoms with Crippen molar-refractivity contribution in [2.24, 2.45) is 5.73 Å². The number of hydrogen-bond donors (Lipinski definition) is 1. The van der Waals surface area contributed by atoms with Crippen LogP contribution in [0.5, 0.6) is 0 Å². The number of alkyl halides is 3. The minimum absolute atomic E-state index is 0.0887. The maximum absolute atomic E-state index is 12.0. The van der Waals surface area contributed by atoms with Crippen LogP contribution in [0.2, 0.25) is 0 Å². The SMILES string of the molecule is NCCN1CC(C(F)(F)F)OC1=O. The van der Waals surface area contributed by atoms with Gasteiger partial charge in [-0.1, -0.05) is 0 Å². The number of cyclic esters (lactones) is 1. The molecule has 1 rings (SSSR count). The van der Waals surface area contributed by atoms with Gasteiger partial charge in [-0.3, -0.25) is 0 Å². The molecule has 0 aromatic rings. The molecular formula is C6H9F3N2O2. The minimum atomic E-state index is -4.49. The Bertz CT molecular complexity index is 207. The highest BCUT2D eigenvalue weighted by Crippen LogP contribution is 2.27. The summed E-state index contributed by atoms with van der Waals surface area (Å²) in [6.07, 6.45) is -7.45. The highest BCUT2D eigenvalue weighted by Gasteiger charge is 2.48. The highest BCUT2D eigenvalue weighted by atomic mass is 19.4. The zero-order chi connectivity index (χ0) is 10.1. The highest BCUT2D eigenvalue weighted by molar-refractivity contribution is 5.70. The molecule has 1 heterocycles. The number of ether oxygens (including phenoxy) is 1. The third kappa shape index (κ3) is 2.24. The number of carbonyl (C=O) groups excluding carboxylic acids is 1. The van der Waals surface area contributed by atoms with Crippen molar-refractivity contribution >= 4 is 6.09 Å². The van der Waals surface area contributed by atoms with Crippen LogP contribution in [0.15, 0.2) is 0 Å². The van der Waals surface area contributed by atoms with Crippen LogP contribution in [0.3, 0.4) is 0 Å². The van der Waals surface area contributed by atoms with E-state index in [1.165, 1.54) is 0 Å². The van der Waals surface area contributed by atoms with Gasteiger partial charge in [0.2, 0.25) is 6.10 Å². The molecule has 0 radical (unpaired) electrons. The number of amides is 1. The quantitative estimate of drug-likeness (QED) is 0.695. The average Bonchev–Trinajstić information content (AvgIpc) is 2.32. The van der Waals surface area contributed by atoms with Gasteiger partial charge in [-0.05, 0) is 0 Å². The van der Waals surface area contributed by atoms with E-state index in [1.54, 1.807) is 0 Å². The molecule has 4 nitrogen and oxygen atoms in total. The summed E-state index contributed by atoms with van der Waals surface area (Å²) in [6.45, 7) is -0.245. The van der Waals surface area contributed by atoms with Gasteiger partial charge >= 0.3 is 12.3 Å². The largest absolute Gasteiger partial charge is 0.434 e. The lowest BCUT2D eigenvalue weighted by Gasteiger charge is -2.12. The summed E-state index contributed by atoms with van der Waals surface area (Å²) < 4.78 is 40.1. The van der Waals surface area contributed by atoms with Crippen LogP contribution in [-0.2, 0) is 4.74 Å². The Balaban J connectivity index is 2.55. The van der Waals surface area contributed by atoms with Gasteiger partial charge in [0, 0.05) is 13.1 Å². The van der Waals surface area contributed by atoms with Crippen LogP contribution in [0.25, 0.3) is 0 Å². The Kier molecular flexibility index (Phi) is 2.65. The molecule has 1 unspecified atom stereocenters. The van der Waals surface area contributed by atoms with Crippen molar-refractivity contribution in [1.82, 2.24) is 4.90 Å². The van der Waals surface area contributed by atoms with Crippen LogP contribution in [0, 0.1) is 0 Å². The summed E-state index contributed by atoms with van der Waals surface area (Å²) in [4.78, 5) is 11.7. The second kappa shape index (κ2) is 3.41. The van der Waals surface area contributed by atoms with Crippen molar-refractivity contribution in [2.75, 3.05) is 19.6 Å². The smallest absolute Gasteiger partial charge is 0.427 e. The maximum Gasteiger partial charge on any atom is 0.427 e. The van der Waals surface area contributed by atoms with Crippen LogP contribution in [-0.4, -0.2) is 42.9 Å². The molecule has 76 valence electrons. The maximum atomic E-state index is 12.0. The molecule has 0 spiro atoms. The van der Waals surface area contributed by atoms with Gasteiger partial charge in [-0.15, -0.1) is 0 Å². The van der Waals surface area contributed by atoms with E-state index in [0.29, 0.717) is 0 Å². The summed E-state index contributed by atoms with van der Waals surface area (Å²) >= 11 is 0. The molecule has 0 bridgehead atoms. The molecule has 1 aliphatic heterocycles. The predicted octanol–water partition coefficient (Wildman–Crippen LogP) is 0.328. The van der Waals surface area contributed by atoms with Gasteiger partial charge in [0.15, 0.2) is 0 Å². The molecule has 0 aromatic carbocycles. The second-order valence-corrected chi connectivity index (χ2v) is 2.65. The first-order chi connectivity index (χ1) is 5.95. The van der Waals surface area contributed by atoms with E-state index in [9.17, 15) is 18.0 Å². The van der Waals surface area contributed by atoms with E-state index in [2.05, 4.69) is 4.74 Å². The van der Waals surface area contributed by atoms with Crippen LogP contribution in [0.4, 0.5) is 18.0 Å². The van der Waals surface area contributed by atoms with Crippen LogP contribution < -0.4 is 5.73 Å². The van der Waals surface area contributed by atoms with E-state index in [0.717, 1.165) is 4.90 Å². The summed E-state index contributed by atoms with van der Waals surface area (Å²) in [7, 11) is 0. The Morgan fingerprint density at radius 1 is 1.62 bits per heavy atom. The predicted molar refractivity (Wildman–Crippen MR) is 37.0 cm³/mol. The van der Waals surface area contributed by atoms with Crippen molar-refractivity contribution < 1.29 is 22.7 Å². The van der Waals surface area contributed by atoms with E-state index < -0.39 is 24.9 Å². The van der Waals surface area contributed by atoms with Crippen LogP contribution in [0.1, 0.15) is 0 Å². The first-order valence-corrected chi connectivity index (χ1v) is 3.67. The number of rotatable bonds is 2. The lowest BCUT2D eigenvalue weighted by atomic mass is 10.3. The van der Waals surface area contributed by atoms with Gasteiger partial charge in [-0.2, -0.15) is 13.2 Å². The van der Waals surface area contributed by atoms with E-state index >= 15 is 0 Å². The monoisotopic (exact) mass is 198 g/mol. The topological polar surface area (TPSA) is 55.6 Å². The van der Waals surface area contributed by atoms with Crippen molar-refractivity contribution in [3.05, 3.63) is 0 Å². The van der Waals surface area contributed by atoms with Gasteiger partial charge in [0.1, 0.15) is 0 Å². The molecule has 1 fully saturated rings. The summed E-state index contributed by atoms with van der Waals surface area (Å²) in [6, 6.07) is 0. The number of halogens is 3. The number of carbonyl (C=O) groups is 1. The summed E-state index contributed by atoms with van der Waals surface area (Å²) in [5.41, 5.74) is 5.09. The van der Waals surface area contributed by atoms with Gasteiger partial charge in [0.25, 0.3) is 0 Å². The van der Waals surface area contributed by atoms with Crippen molar-refractivity contribution in [2.45, 2.75) is 12.3 Å². The molecule has 13 heavy (non-hydrogen) atoms. The molecule has 2 N–H and O–H groups in total. The Morgan fingerprint density at radius 2 is 2.23 bits per heavy atom. The zero-order valence-electron chi connectivity index (χ0n) is 6.67. The molecule has 7 heteroatoms. The zero-order valence-corrected chi connectivity index (χ0v) is 6.67. The fraction of sp³-hybridized carbons (Fsp3) is 0.833. The molecular weight excluding hydrogens is 189 g/mol. The molecule has 0 saturated carbocycles. The molecule has 1 amide bonds. The molecule has 0 aromatic heterocycles. The van der Waals surface area contributed by atoms with Crippen molar-refractivity contribution in [3.8, 4) is 0 Å². The number of nitrogens with two attached hydrogens (primary N) is 1. The Labute approximate surface area is 72.4 Å². The van der Waals surface area contributed by atoms with E-state index in [-0.39, 0.29) is 13.1 Å². The standard InChI is InChI=1S/C6H9F3N2O2/c7-6(8,9)4-3-11(2-1-10)5(12)13-4/h4H,1-3,10H2. The average molecular weight is 198 g/mol. The van der Waals surface area contributed by atoms with E-state index in [1.807, 2.05) is 0 Å². The Hall–Kier alpha value is -0.980. The fourth-order valence-corrected chi connectivity index (χ4v) is 1.02. The molecule has 0 aliphatic carbocycles. The lowest BCUT2D eigenvalue weighted by Crippen LogP contribution is -2.35. The minimum Gasteiger partial charge on any atom is -0.434 e. The third-order valence-corrected chi connectivity index (χ3v) is 1.65. The Morgan fingerprint density at radius 3 is 2.62 bits per heavy atom. The third-order valence-electron chi connectivity index (χ3n) is 1.65. The molecule has 1 aliphatic rings. The summed E-state index contributed by atoms with van der Waals surface area (Å²) in [5.74, 6) is 0. The van der Waals surface area contributed by atoms with E-state index in [4.69, 9.17) is 5.73 Å².